The Hall–Kier alpha value is -1.92. The summed E-state index contributed by atoms with van der Waals surface area (Å²) in [5.41, 5.74) is 3.54. The zero-order chi connectivity index (χ0) is 18.6. The predicted octanol–water partition coefficient (Wildman–Crippen LogP) is 4.39. The molecule has 0 bridgehead atoms. The van der Waals surface area contributed by atoms with E-state index < -0.39 is 0 Å². The van der Waals surface area contributed by atoms with Gasteiger partial charge < -0.3 is 9.80 Å². The number of amides is 1. The molecule has 27 heavy (non-hydrogen) atoms. The summed E-state index contributed by atoms with van der Waals surface area (Å²) in [6.45, 7) is 5.33. The highest BCUT2D eigenvalue weighted by molar-refractivity contribution is 8.39. The normalized spacial score (nSPS) is 17.9. The van der Waals surface area contributed by atoms with E-state index in [1.54, 1.807) is 23.5 Å². The summed E-state index contributed by atoms with van der Waals surface area (Å²) in [7, 11) is 0. The molecule has 2 aliphatic rings. The zero-order valence-corrected chi connectivity index (χ0v) is 17.0. The number of hydrogen-bond donors (Lipinski definition) is 0. The van der Waals surface area contributed by atoms with Crippen molar-refractivity contribution in [1.29, 1.82) is 0 Å². The number of hydrogen-bond acceptors (Lipinski definition) is 5. The van der Waals surface area contributed by atoms with Crippen molar-refractivity contribution in [3.8, 4) is 0 Å². The van der Waals surface area contributed by atoms with Gasteiger partial charge in [-0.25, -0.2) is 4.99 Å². The smallest absolute Gasteiger partial charge is 0.235 e. The van der Waals surface area contributed by atoms with E-state index in [4.69, 9.17) is 4.99 Å². The maximum Gasteiger partial charge on any atom is 0.235 e. The van der Waals surface area contributed by atoms with Crippen LogP contribution < -0.4 is 4.90 Å². The number of carbonyl (C=O) groups excluding carboxylic acids is 1. The van der Waals surface area contributed by atoms with Gasteiger partial charge in [0.2, 0.25) is 5.91 Å². The first kappa shape index (κ1) is 18.4. The fourth-order valence-corrected chi connectivity index (χ4v) is 5.63. The monoisotopic (exact) mass is 397 g/mol. The van der Waals surface area contributed by atoms with Crippen LogP contribution >= 0.6 is 23.5 Å². The standard InChI is InChI=1S/C21H23N3OS2/c1-16(27-21-22-19-10-6-5-7-17(19)15-26-21)20(25)24-13-11-23(12-14-24)18-8-3-2-4-9-18/h2-10,16H,11-15H2,1H3. The number of benzene rings is 2. The molecule has 0 saturated carbocycles. The van der Waals surface area contributed by atoms with E-state index >= 15 is 0 Å². The Morgan fingerprint density at radius 2 is 1.74 bits per heavy atom. The van der Waals surface area contributed by atoms with Crippen molar-refractivity contribution in [3.05, 3.63) is 60.2 Å². The van der Waals surface area contributed by atoms with Gasteiger partial charge in [-0.1, -0.05) is 59.9 Å². The molecule has 1 saturated heterocycles. The number of fused-ring (bicyclic) bond motifs is 1. The third-order valence-electron chi connectivity index (χ3n) is 4.89. The van der Waals surface area contributed by atoms with Gasteiger partial charge in [0.25, 0.3) is 0 Å². The van der Waals surface area contributed by atoms with Gasteiger partial charge in [0.1, 0.15) is 4.38 Å². The number of rotatable bonds is 3. The second-order valence-electron chi connectivity index (χ2n) is 6.70. The molecule has 0 aliphatic carbocycles. The summed E-state index contributed by atoms with van der Waals surface area (Å²) in [6.07, 6.45) is 0. The Labute approximate surface area is 169 Å². The lowest BCUT2D eigenvalue weighted by atomic mass is 10.2. The third-order valence-corrected chi connectivity index (χ3v) is 7.18. The lowest BCUT2D eigenvalue weighted by Crippen LogP contribution is -2.50. The second-order valence-corrected chi connectivity index (χ2v) is 9.26. The number of aliphatic imine (C=N–C) groups is 1. The molecular weight excluding hydrogens is 374 g/mol. The molecule has 2 aromatic carbocycles. The Morgan fingerprint density at radius 1 is 1.04 bits per heavy atom. The van der Waals surface area contributed by atoms with Crippen LogP contribution in [0.2, 0.25) is 0 Å². The Morgan fingerprint density at radius 3 is 2.52 bits per heavy atom. The molecule has 140 valence electrons. The lowest BCUT2D eigenvalue weighted by Gasteiger charge is -2.37. The number of carbonyl (C=O) groups is 1. The van der Waals surface area contributed by atoms with E-state index in [-0.39, 0.29) is 11.2 Å². The summed E-state index contributed by atoms with van der Waals surface area (Å²) in [5, 5.41) is -0.107. The van der Waals surface area contributed by atoms with Gasteiger partial charge in [0.15, 0.2) is 0 Å². The molecule has 0 N–H and O–H groups in total. The van der Waals surface area contributed by atoms with E-state index in [0.29, 0.717) is 0 Å². The molecule has 6 heteroatoms. The fourth-order valence-electron chi connectivity index (χ4n) is 3.36. The Bertz CT molecular complexity index is 832. The summed E-state index contributed by atoms with van der Waals surface area (Å²) in [6, 6.07) is 18.7. The highest BCUT2D eigenvalue weighted by atomic mass is 32.2. The van der Waals surface area contributed by atoms with Gasteiger partial charge in [-0.3, -0.25) is 4.79 Å². The van der Waals surface area contributed by atoms with E-state index in [1.165, 1.54) is 11.3 Å². The Balaban J connectivity index is 1.33. The molecular formula is C21H23N3OS2. The topological polar surface area (TPSA) is 35.9 Å². The first-order valence-corrected chi connectivity index (χ1v) is 11.1. The summed E-state index contributed by atoms with van der Waals surface area (Å²) in [4.78, 5) is 22.0. The number of anilines is 1. The van der Waals surface area contributed by atoms with Gasteiger partial charge >= 0.3 is 0 Å². The third kappa shape index (κ3) is 4.33. The molecule has 4 rings (SSSR count). The highest BCUT2D eigenvalue weighted by Crippen LogP contribution is 2.36. The minimum atomic E-state index is -0.107. The minimum Gasteiger partial charge on any atom is -0.368 e. The maximum absolute atomic E-state index is 12.9. The van der Waals surface area contributed by atoms with E-state index in [1.807, 2.05) is 36.1 Å². The number of thioether (sulfide) groups is 2. The van der Waals surface area contributed by atoms with Gasteiger partial charge in [0, 0.05) is 37.6 Å². The molecule has 1 amide bonds. The largest absolute Gasteiger partial charge is 0.368 e. The highest BCUT2D eigenvalue weighted by Gasteiger charge is 2.27. The van der Waals surface area contributed by atoms with Crippen LogP contribution in [-0.2, 0) is 10.5 Å². The molecule has 4 nitrogen and oxygen atoms in total. The number of para-hydroxylation sites is 2. The minimum absolute atomic E-state index is 0.107. The zero-order valence-electron chi connectivity index (χ0n) is 15.4. The van der Waals surface area contributed by atoms with Crippen molar-refractivity contribution >= 4 is 45.2 Å². The molecule has 0 aromatic heterocycles. The van der Waals surface area contributed by atoms with Gasteiger partial charge in [-0.05, 0) is 30.7 Å². The summed E-state index contributed by atoms with van der Waals surface area (Å²) >= 11 is 3.32. The Kier molecular flexibility index (Phi) is 5.74. The molecule has 1 unspecified atom stereocenters. The SMILES string of the molecule is CC(SC1=Nc2ccccc2CS1)C(=O)N1CCN(c2ccccc2)CC1. The summed E-state index contributed by atoms with van der Waals surface area (Å²) < 4.78 is 0.998. The van der Waals surface area contributed by atoms with E-state index in [0.717, 1.165) is 42.0 Å². The van der Waals surface area contributed by atoms with Crippen molar-refractivity contribution in [1.82, 2.24) is 4.90 Å². The van der Waals surface area contributed by atoms with Crippen LogP contribution in [0.15, 0.2) is 59.6 Å². The van der Waals surface area contributed by atoms with Crippen LogP contribution in [0.1, 0.15) is 12.5 Å². The number of nitrogens with zero attached hydrogens (tertiary/aromatic N) is 3. The average Bonchev–Trinajstić information content (AvgIpc) is 2.74. The first-order chi connectivity index (χ1) is 13.2. The summed E-state index contributed by atoms with van der Waals surface area (Å²) in [5.74, 6) is 1.15. The number of piperazine rings is 1. The first-order valence-electron chi connectivity index (χ1n) is 9.25. The van der Waals surface area contributed by atoms with Gasteiger partial charge in [-0.15, -0.1) is 0 Å². The maximum atomic E-state index is 12.9. The lowest BCUT2D eigenvalue weighted by molar-refractivity contribution is -0.130. The molecule has 0 radical (unpaired) electrons. The van der Waals surface area contributed by atoms with Crippen molar-refractivity contribution in [2.24, 2.45) is 4.99 Å². The van der Waals surface area contributed by atoms with Crippen molar-refractivity contribution < 1.29 is 4.79 Å². The molecule has 2 heterocycles. The molecule has 0 spiro atoms. The quantitative estimate of drug-likeness (QED) is 0.769. The molecule has 2 aromatic rings. The van der Waals surface area contributed by atoms with E-state index in [2.05, 4.69) is 35.2 Å². The van der Waals surface area contributed by atoms with Gasteiger partial charge in [-0.2, -0.15) is 0 Å². The van der Waals surface area contributed by atoms with Crippen molar-refractivity contribution in [2.45, 2.75) is 17.9 Å². The van der Waals surface area contributed by atoms with Crippen molar-refractivity contribution in [2.75, 3.05) is 31.1 Å². The van der Waals surface area contributed by atoms with Crippen LogP contribution in [-0.4, -0.2) is 46.6 Å². The van der Waals surface area contributed by atoms with Crippen LogP contribution in [0.3, 0.4) is 0 Å². The second kappa shape index (κ2) is 8.40. The van der Waals surface area contributed by atoms with Crippen LogP contribution in [0.25, 0.3) is 0 Å². The van der Waals surface area contributed by atoms with Crippen LogP contribution in [0, 0.1) is 0 Å². The van der Waals surface area contributed by atoms with E-state index in [9.17, 15) is 4.79 Å². The molecule has 1 atom stereocenters. The molecule has 1 fully saturated rings. The average molecular weight is 398 g/mol. The van der Waals surface area contributed by atoms with Gasteiger partial charge in [0.05, 0.1) is 10.9 Å². The van der Waals surface area contributed by atoms with Crippen LogP contribution in [0.5, 0.6) is 0 Å². The predicted molar refractivity (Wildman–Crippen MR) is 117 cm³/mol. The fraction of sp³-hybridized carbons (Fsp3) is 0.333. The molecule has 2 aliphatic heterocycles. The van der Waals surface area contributed by atoms with Crippen molar-refractivity contribution in [3.63, 3.8) is 0 Å². The van der Waals surface area contributed by atoms with Crippen LogP contribution in [0.4, 0.5) is 11.4 Å².